The van der Waals surface area contributed by atoms with Crippen LogP contribution in [0.25, 0.3) is 0 Å². The van der Waals surface area contributed by atoms with Gasteiger partial charge in [0.15, 0.2) is 5.15 Å². The second-order valence-corrected chi connectivity index (χ2v) is 5.99. The normalized spacial score (nSPS) is 17.1. The summed E-state index contributed by atoms with van der Waals surface area (Å²) in [4.78, 5) is 4.10. The lowest BCUT2D eigenvalue weighted by Gasteiger charge is -2.21. The molecular formula is C13H18BrClN2. The van der Waals surface area contributed by atoms with Crippen LogP contribution in [-0.2, 0) is 0 Å². The smallest absolute Gasteiger partial charge is 0.152 e. The first-order valence-corrected chi connectivity index (χ1v) is 7.48. The van der Waals surface area contributed by atoms with Crippen molar-refractivity contribution in [1.82, 2.24) is 4.98 Å². The van der Waals surface area contributed by atoms with Crippen molar-refractivity contribution in [2.24, 2.45) is 5.92 Å². The maximum Gasteiger partial charge on any atom is 0.152 e. The van der Waals surface area contributed by atoms with Crippen molar-refractivity contribution >= 4 is 33.2 Å². The largest absolute Gasteiger partial charge is 0.383 e. The Morgan fingerprint density at radius 2 is 2.12 bits per heavy atom. The minimum atomic E-state index is 0.553. The molecule has 1 aliphatic carbocycles. The van der Waals surface area contributed by atoms with Crippen LogP contribution in [0.2, 0.25) is 5.15 Å². The molecule has 0 saturated heterocycles. The molecule has 0 bridgehead atoms. The third-order valence-corrected chi connectivity index (χ3v) is 4.13. The molecule has 0 aliphatic heterocycles. The molecule has 0 aromatic carbocycles. The summed E-state index contributed by atoms with van der Waals surface area (Å²) < 4.78 is 0.960. The molecule has 1 heterocycles. The van der Waals surface area contributed by atoms with Gasteiger partial charge in [0.25, 0.3) is 0 Å². The summed E-state index contributed by atoms with van der Waals surface area (Å²) in [6, 6.07) is 1.98. The average molecular weight is 318 g/mol. The summed E-state index contributed by atoms with van der Waals surface area (Å²) in [6.07, 6.45) is 9.98. The molecule has 17 heavy (non-hydrogen) atoms. The molecule has 1 N–H and O–H groups in total. The summed E-state index contributed by atoms with van der Waals surface area (Å²) in [7, 11) is 0. The van der Waals surface area contributed by atoms with Crippen LogP contribution in [0.3, 0.4) is 0 Å². The van der Waals surface area contributed by atoms with Crippen LogP contribution in [0.15, 0.2) is 16.7 Å². The summed E-state index contributed by atoms with van der Waals surface area (Å²) in [5.74, 6) is 0.898. The number of halogens is 2. The maximum absolute atomic E-state index is 6.02. The van der Waals surface area contributed by atoms with E-state index in [9.17, 15) is 0 Å². The second-order valence-electron chi connectivity index (χ2n) is 4.71. The third-order valence-electron chi connectivity index (χ3n) is 3.40. The quantitative estimate of drug-likeness (QED) is 0.801. The molecule has 0 atom stereocenters. The van der Waals surface area contributed by atoms with E-state index in [1.807, 2.05) is 6.07 Å². The zero-order valence-corrected chi connectivity index (χ0v) is 12.2. The van der Waals surface area contributed by atoms with E-state index in [1.165, 1.54) is 38.5 Å². The highest BCUT2D eigenvalue weighted by atomic mass is 79.9. The lowest BCUT2D eigenvalue weighted by atomic mass is 9.87. The molecule has 2 rings (SSSR count). The van der Waals surface area contributed by atoms with Gasteiger partial charge in [-0.05, 0) is 34.3 Å². The van der Waals surface area contributed by atoms with E-state index in [2.05, 4.69) is 26.2 Å². The number of anilines is 1. The zero-order valence-electron chi connectivity index (χ0n) is 9.88. The minimum Gasteiger partial charge on any atom is -0.383 e. The van der Waals surface area contributed by atoms with E-state index >= 15 is 0 Å². The molecule has 1 fully saturated rings. The number of hydrogen-bond acceptors (Lipinski definition) is 2. The van der Waals surface area contributed by atoms with Gasteiger partial charge in [0.1, 0.15) is 0 Å². The highest BCUT2D eigenvalue weighted by molar-refractivity contribution is 9.10. The van der Waals surface area contributed by atoms with Crippen LogP contribution in [0.5, 0.6) is 0 Å². The Labute approximate surface area is 116 Å². The molecule has 94 valence electrons. The molecule has 1 saturated carbocycles. The van der Waals surface area contributed by atoms with Crippen LogP contribution in [-0.4, -0.2) is 11.5 Å². The van der Waals surface area contributed by atoms with Gasteiger partial charge < -0.3 is 5.32 Å². The van der Waals surface area contributed by atoms with Crippen molar-refractivity contribution in [3.8, 4) is 0 Å². The number of nitrogens with one attached hydrogen (secondary N) is 1. The first-order chi connectivity index (χ1) is 8.25. The number of rotatable bonds is 4. The van der Waals surface area contributed by atoms with Gasteiger partial charge in [0.2, 0.25) is 0 Å². The topological polar surface area (TPSA) is 24.9 Å². The van der Waals surface area contributed by atoms with Crippen molar-refractivity contribution in [1.29, 1.82) is 0 Å². The van der Waals surface area contributed by atoms with Gasteiger partial charge in [-0.1, -0.05) is 43.7 Å². The van der Waals surface area contributed by atoms with Crippen molar-refractivity contribution in [2.45, 2.75) is 38.5 Å². The first kappa shape index (κ1) is 13.2. The minimum absolute atomic E-state index is 0.553. The molecule has 1 aromatic rings. The first-order valence-electron chi connectivity index (χ1n) is 6.30. The van der Waals surface area contributed by atoms with E-state index in [-0.39, 0.29) is 0 Å². The Bertz CT molecular complexity index is 364. The fraction of sp³-hybridized carbons (Fsp3) is 0.615. The van der Waals surface area contributed by atoms with Gasteiger partial charge in [-0.2, -0.15) is 0 Å². The van der Waals surface area contributed by atoms with Gasteiger partial charge in [0, 0.05) is 17.2 Å². The molecular weight excluding hydrogens is 300 g/mol. The third kappa shape index (κ3) is 4.14. The molecule has 4 heteroatoms. The molecule has 0 radical (unpaired) electrons. The lowest BCUT2D eigenvalue weighted by molar-refractivity contribution is 0.345. The molecule has 1 aliphatic rings. The van der Waals surface area contributed by atoms with Gasteiger partial charge in [0.05, 0.1) is 5.69 Å². The Morgan fingerprint density at radius 1 is 1.35 bits per heavy atom. The Morgan fingerprint density at radius 3 is 2.88 bits per heavy atom. The Kier molecular flexibility index (Phi) is 5.11. The van der Waals surface area contributed by atoms with Crippen LogP contribution < -0.4 is 5.32 Å². The fourth-order valence-electron chi connectivity index (χ4n) is 2.43. The predicted molar refractivity (Wildman–Crippen MR) is 76.6 cm³/mol. The van der Waals surface area contributed by atoms with Crippen LogP contribution in [0, 0.1) is 5.92 Å². The van der Waals surface area contributed by atoms with Gasteiger partial charge in [-0.15, -0.1) is 0 Å². The Balaban J connectivity index is 1.79. The van der Waals surface area contributed by atoms with Gasteiger partial charge in [-0.25, -0.2) is 4.98 Å². The number of aromatic nitrogens is 1. The average Bonchev–Trinajstić information content (AvgIpc) is 2.35. The number of nitrogens with zero attached hydrogens (tertiary/aromatic N) is 1. The van der Waals surface area contributed by atoms with Gasteiger partial charge >= 0.3 is 0 Å². The summed E-state index contributed by atoms with van der Waals surface area (Å²) in [6.45, 7) is 0.989. The zero-order chi connectivity index (χ0) is 12.1. The Hall–Kier alpha value is -0.280. The highest BCUT2D eigenvalue weighted by Gasteiger charge is 2.12. The fourth-order valence-corrected chi connectivity index (χ4v) is 2.93. The molecule has 2 nitrogen and oxygen atoms in total. The summed E-state index contributed by atoms with van der Waals surface area (Å²) in [5, 5.41) is 3.93. The monoisotopic (exact) mass is 316 g/mol. The molecule has 0 unspecified atom stereocenters. The van der Waals surface area contributed by atoms with Crippen molar-refractivity contribution in [3.05, 3.63) is 21.9 Å². The summed E-state index contributed by atoms with van der Waals surface area (Å²) >= 11 is 9.43. The van der Waals surface area contributed by atoms with Crippen LogP contribution >= 0.6 is 27.5 Å². The van der Waals surface area contributed by atoms with E-state index in [1.54, 1.807) is 6.20 Å². The highest BCUT2D eigenvalue weighted by Crippen LogP contribution is 2.27. The van der Waals surface area contributed by atoms with Crippen molar-refractivity contribution < 1.29 is 0 Å². The molecule has 1 aromatic heterocycles. The predicted octanol–water partition coefficient (Wildman–Crippen LogP) is 4.88. The van der Waals surface area contributed by atoms with Crippen molar-refractivity contribution in [3.63, 3.8) is 0 Å². The van der Waals surface area contributed by atoms with E-state index in [0.29, 0.717) is 5.15 Å². The van der Waals surface area contributed by atoms with Gasteiger partial charge in [-0.3, -0.25) is 0 Å². The lowest BCUT2D eigenvalue weighted by Crippen LogP contribution is -2.12. The number of hydrogen-bond donors (Lipinski definition) is 1. The second kappa shape index (κ2) is 6.60. The van der Waals surface area contributed by atoms with Crippen LogP contribution in [0.4, 0.5) is 5.69 Å². The SMILES string of the molecule is Clc1ncc(Br)cc1NCCC1CCCCC1. The van der Waals surface area contributed by atoms with E-state index in [0.717, 1.165) is 22.6 Å². The van der Waals surface area contributed by atoms with Crippen LogP contribution in [0.1, 0.15) is 38.5 Å². The maximum atomic E-state index is 6.02. The van der Waals surface area contributed by atoms with E-state index in [4.69, 9.17) is 11.6 Å². The van der Waals surface area contributed by atoms with E-state index < -0.39 is 0 Å². The molecule has 0 amide bonds. The van der Waals surface area contributed by atoms with Crippen molar-refractivity contribution in [2.75, 3.05) is 11.9 Å². The summed E-state index contributed by atoms with van der Waals surface area (Å²) in [5.41, 5.74) is 0.928. The molecule has 0 spiro atoms. The number of pyridine rings is 1. The standard InChI is InChI=1S/C13H18BrClN2/c14-11-8-12(13(15)17-9-11)16-7-6-10-4-2-1-3-5-10/h8-10,16H,1-7H2.